The van der Waals surface area contributed by atoms with Crippen molar-refractivity contribution in [2.45, 2.75) is 31.8 Å². The van der Waals surface area contributed by atoms with E-state index in [0.29, 0.717) is 12.2 Å². The van der Waals surface area contributed by atoms with Gasteiger partial charge in [0.15, 0.2) is 0 Å². The van der Waals surface area contributed by atoms with Crippen LogP contribution in [0, 0.1) is 5.92 Å². The van der Waals surface area contributed by atoms with Gasteiger partial charge in [0.25, 0.3) is 0 Å². The number of nitrogens with two attached hydrogens (primary N) is 1. The molecule has 0 radical (unpaired) electrons. The quantitative estimate of drug-likeness (QED) is 0.647. The number of aromatic nitrogens is 1. The molecule has 0 spiro atoms. The fourth-order valence-electron chi connectivity index (χ4n) is 3.70. The van der Waals surface area contributed by atoms with Crippen LogP contribution in [-0.4, -0.2) is 48.3 Å². The largest absolute Gasteiger partial charge is 0.384 e. The van der Waals surface area contributed by atoms with Crippen LogP contribution in [0.4, 0.5) is 10.6 Å². The summed E-state index contributed by atoms with van der Waals surface area (Å²) in [5.41, 5.74) is 7.45. The van der Waals surface area contributed by atoms with Gasteiger partial charge in [-0.2, -0.15) is 0 Å². The molecule has 3 rings (SSSR count). The molecule has 160 valence electrons. The smallest absolute Gasteiger partial charge is 0.324 e. The number of urea groups is 1. The number of β-lactam (4-membered cyclic amide) rings is 1. The molecule has 2 aromatic rings. The van der Waals surface area contributed by atoms with Crippen molar-refractivity contribution in [2.75, 3.05) is 17.7 Å². The van der Waals surface area contributed by atoms with Gasteiger partial charge < -0.3 is 11.1 Å². The summed E-state index contributed by atoms with van der Waals surface area (Å²) >= 11 is 0. The number of likely N-dealkylation sites (tertiary alicyclic amines) is 1. The minimum absolute atomic E-state index is 0.0993. The van der Waals surface area contributed by atoms with Crippen LogP contribution < -0.4 is 11.1 Å². The normalized spacial score (nSPS) is 19.8. The molecular weight excluding hydrogens is 404 g/mol. The first-order chi connectivity index (χ1) is 14.2. The van der Waals surface area contributed by atoms with Gasteiger partial charge in [-0.05, 0) is 43.0 Å². The number of rotatable bonds is 7. The van der Waals surface area contributed by atoms with E-state index in [1.54, 1.807) is 18.3 Å². The number of nitrogens with one attached hydrogen (secondary N) is 1. The molecule has 30 heavy (non-hydrogen) atoms. The van der Waals surface area contributed by atoms with Crippen molar-refractivity contribution in [1.82, 2.24) is 15.2 Å². The van der Waals surface area contributed by atoms with Gasteiger partial charge in [0.2, 0.25) is 5.91 Å². The second-order valence-electron chi connectivity index (χ2n) is 7.68. The molecular formula is C21H26N4O4S. The van der Waals surface area contributed by atoms with E-state index in [1.807, 2.05) is 37.3 Å². The lowest BCUT2D eigenvalue weighted by Crippen LogP contribution is -2.66. The van der Waals surface area contributed by atoms with Gasteiger partial charge in [-0.3, -0.25) is 9.69 Å². The zero-order valence-electron chi connectivity index (χ0n) is 17.0. The van der Waals surface area contributed by atoms with Crippen LogP contribution in [0.1, 0.15) is 30.5 Å². The van der Waals surface area contributed by atoms with Crippen molar-refractivity contribution < 1.29 is 18.0 Å². The van der Waals surface area contributed by atoms with Crippen molar-refractivity contribution >= 4 is 27.6 Å². The SMILES string of the molecule is C[C@@H](NC(=O)N1C(=O)C(Cc2ccnc(N)c2)[C@H]1CCS(C)(=O)=O)c1ccccc1. The predicted molar refractivity (Wildman–Crippen MR) is 114 cm³/mol. The summed E-state index contributed by atoms with van der Waals surface area (Å²) in [7, 11) is -3.23. The summed E-state index contributed by atoms with van der Waals surface area (Å²) in [6.45, 7) is 1.83. The van der Waals surface area contributed by atoms with E-state index in [2.05, 4.69) is 10.3 Å². The number of nitrogen functional groups attached to an aromatic ring is 1. The molecule has 3 atom stereocenters. The summed E-state index contributed by atoms with van der Waals surface area (Å²) in [5.74, 6) is -0.552. The molecule has 8 nitrogen and oxygen atoms in total. The average molecular weight is 431 g/mol. The van der Waals surface area contributed by atoms with Crippen molar-refractivity contribution in [1.29, 1.82) is 0 Å². The Morgan fingerprint density at radius 3 is 2.60 bits per heavy atom. The van der Waals surface area contributed by atoms with E-state index < -0.39 is 27.8 Å². The zero-order chi connectivity index (χ0) is 21.9. The highest BCUT2D eigenvalue weighted by Crippen LogP contribution is 2.33. The van der Waals surface area contributed by atoms with Gasteiger partial charge in [0, 0.05) is 12.5 Å². The van der Waals surface area contributed by atoms with Crippen LogP contribution >= 0.6 is 0 Å². The topological polar surface area (TPSA) is 122 Å². The molecule has 1 aromatic heterocycles. The molecule has 9 heteroatoms. The summed E-state index contributed by atoms with van der Waals surface area (Å²) in [6, 6.07) is 11.6. The predicted octanol–water partition coefficient (Wildman–Crippen LogP) is 1.94. The van der Waals surface area contributed by atoms with Gasteiger partial charge in [0.05, 0.1) is 23.8 Å². The molecule has 0 saturated carbocycles. The Kier molecular flexibility index (Phi) is 6.40. The number of carbonyl (C=O) groups excluding carboxylic acids is 2. The van der Waals surface area contributed by atoms with Crippen LogP contribution in [0.5, 0.6) is 0 Å². The minimum atomic E-state index is -3.23. The number of hydrogen-bond acceptors (Lipinski definition) is 6. The Morgan fingerprint density at radius 1 is 1.27 bits per heavy atom. The second kappa shape index (κ2) is 8.83. The molecule has 1 aromatic carbocycles. The molecule has 1 unspecified atom stereocenters. The van der Waals surface area contributed by atoms with Gasteiger partial charge in [-0.15, -0.1) is 0 Å². The highest BCUT2D eigenvalue weighted by molar-refractivity contribution is 7.90. The molecule has 1 fully saturated rings. The highest BCUT2D eigenvalue weighted by atomic mass is 32.2. The van der Waals surface area contributed by atoms with Crippen LogP contribution in [0.25, 0.3) is 0 Å². The Labute approximate surface area is 176 Å². The third-order valence-electron chi connectivity index (χ3n) is 5.29. The molecule has 2 heterocycles. The first kappa shape index (κ1) is 21.8. The van der Waals surface area contributed by atoms with Crippen LogP contribution in [0.2, 0.25) is 0 Å². The molecule has 3 N–H and O–H groups in total. The number of benzene rings is 1. The molecule has 1 aliphatic heterocycles. The summed E-state index contributed by atoms with van der Waals surface area (Å²) in [5, 5.41) is 2.84. The average Bonchev–Trinajstić information content (AvgIpc) is 2.68. The number of imide groups is 1. The molecule has 3 amide bonds. The number of amides is 3. The van der Waals surface area contributed by atoms with Crippen molar-refractivity contribution in [2.24, 2.45) is 5.92 Å². The van der Waals surface area contributed by atoms with E-state index in [0.717, 1.165) is 22.3 Å². The fraction of sp³-hybridized carbons (Fsp3) is 0.381. The summed E-state index contributed by atoms with van der Waals surface area (Å²) in [6.07, 6.45) is 3.28. The first-order valence-corrected chi connectivity index (χ1v) is 11.8. The fourth-order valence-corrected chi connectivity index (χ4v) is 4.37. The molecule has 0 bridgehead atoms. The van der Waals surface area contributed by atoms with E-state index in [-0.39, 0.29) is 24.1 Å². The Hall–Kier alpha value is -2.94. The maximum absolute atomic E-state index is 12.8. The van der Waals surface area contributed by atoms with Crippen LogP contribution in [-0.2, 0) is 21.1 Å². The van der Waals surface area contributed by atoms with Gasteiger partial charge >= 0.3 is 6.03 Å². The van der Waals surface area contributed by atoms with E-state index >= 15 is 0 Å². The molecule has 1 saturated heterocycles. The second-order valence-corrected chi connectivity index (χ2v) is 9.94. The Morgan fingerprint density at radius 2 is 1.97 bits per heavy atom. The monoisotopic (exact) mass is 430 g/mol. The molecule has 0 aliphatic carbocycles. The van der Waals surface area contributed by atoms with Gasteiger partial charge in [-0.25, -0.2) is 18.2 Å². The Balaban J connectivity index is 1.74. The van der Waals surface area contributed by atoms with Crippen molar-refractivity contribution in [3.63, 3.8) is 0 Å². The lowest BCUT2D eigenvalue weighted by Gasteiger charge is -2.46. The number of nitrogens with zero attached hydrogens (tertiary/aromatic N) is 2. The molecule has 1 aliphatic rings. The number of pyridine rings is 1. The summed E-state index contributed by atoms with van der Waals surface area (Å²) in [4.78, 5) is 30.7. The zero-order valence-corrected chi connectivity index (χ0v) is 17.8. The van der Waals surface area contributed by atoms with E-state index in [1.165, 1.54) is 0 Å². The standard InChI is InChI=1S/C21H26N4O4S/c1-14(16-6-4-3-5-7-16)24-21(27)25-18(9-11-30(2,28)29)17(20(25)26)12-15-8-10-23-19(22)13-15/h3-8,10,13-14,17-18H,9,11-12H2,1-2H3,(H2,22,23)(H,24,27)/t14-,17?,18-/m1/s1. The lowest BCUT2D eigenvalue weighted by molar-refractivity contribution is -0.150. The van der Waals surface area contributed by atoms with E-state index in [9.17, 15) is 18.0 Å². The van der Waals surface area contributed by atoms with Crippen LogP contribution in [0.15, 0.2) is 48.7 Å². The highest BCUT2D eigenvalue weighted by Gasteiger charge is 2.50. The number of sulfone groups is 1. The number of hydrogen-bond donors (Lipinski definition) is 2. The lowest BCUT2D eigenvalue weighted by atomic mass is 9.81. The number of carbonyl (C=O) groups is 2. The van der Waals surface area contributed by atoms with Gasteiger partial charge in [-0.1, -0.05) is 30.3 Å². The van der Waals surface area contributed by atoms with Crippen LogP contribution in [0.3, 0.4) is 0 Å². The first-order valence-electron chi connectivity index (χ1n) is 9.72. The van der Waals surface area contributed by atoms with Gasteiger partial charge in [0.1, 0.15) is 15.7 Å². The summed E-state index contributed by atoms with van der Waals surface area (Å²) < 4.78 is 23.4. The Bertz CT molecular complexity index is 1030. The maximum atomic E-state index is 12.8. The maximum Gasteiger partial charge on any atom is 0.324 e. The third kappa shape index (κ3) is 5.15. The van der Waals surface area contributed by atoms with Crippen molar-refractivity contribution in [3.05, 3.63) is 59.8 Å². The minimum Gasteiger partial charge on any atom is -0.384 e. The van der Waals surface area contributed by atoms with E-state index in [4.69, 9.17) is 5.73 Å². The van der Waals surface area contributed by atoms with Crippen molar-refractivity contribution in [3.8, 4) is 0 Å². The third-order valence-corrected chi connectivity index (χ3v) is 6.27. The number of anilines is 1.